The number of H-pyrrole nitrogens is 1. The van der Waals surface area contributed by atoms with E-state index in [1.807, 2.05) is 37.3 Å². The number of hydrogen-bond acceptors (Lipinski definition) is 5. The third-order valence-electron chi connectivity index (χ3n) is 2.13. The zero-order chi connectivity index (χ0) is 12.1. The Kier molecular flexibility index (Phi) is 3.34. The summed E-state index contributed by atoms with van der Waals surface area (Å²) in [5.41, 5.74) is 7.04. The topological polar surface area (TPSA) is 91.5 Å². The molecule has 0 unspecified atom stereocenters. The molecule has 1 aromatic heterocycles. The van der Waals surface area contributed by atoms with E-state index >= 15 is 0 Å². The SMILES string of the molecule is CCNc1n[nH]c(N)c1N=Nc1ccccc1. The summed E-state index contributed by atoms with van der Waals surface area (Å²) in [7, 11) is 0. The lowest BCUT2D eigenvalue weighted by atomic mass is 10.3. The average molecular weight is 230 g/mol. The van der Waals surface area contributed by atoms with E-state index in [2.05, 4.69) is 25.7 Å². The Hall–Kier alpha value is -2.37. The number of hydrogen-bond donors (Lipinski definition) is 3. The molecule has 0 radical (unpaired) electrons. The molecular formula is C11H14N6. The van der Waals surface area contributed by atoms with Crippen molar-refractivity contribution >= 4 is 23.0 Å². The van der Waals surface area contributed by atoms with Crippen molar-refractivity contribution in [2.45, 2.75) is 6.92 Å². The molecule has 17 heavy (non-hydrogen) atoms. The molecule has 1 aromatic carbocycles. The van der Waals surface area contributed by atoms with Crippen LogP contribution in [0.3, 0.4) is 0 Å². The van der Waals surface area contributed by atoms with E-state index in [1.54, 1.807) is 0 Å². The van der Waals surface area contributed by atoms with Crippen LogP contribution in [0.5, 0.6) is 0 Å². The van der Waals surface area contributed by atoms with E-state index in [9.17, 15) is 0 Å². The molecule has 2 aromatic rings. The number of nitrogens with two attached hydrogens (primary N) is 1. The van der Waals surface area contributed by atoms with E-state index < -0.39 is 0 Å². The third-order valence-corrected chi connectivity index (χ3v) is 2.13. The number of nitrogen functional groups attached to an aromatic ring is 1. The van der Waals surface area contributed by atoms with Gasteiger partial charge in [-0.1, -0.05) is 18.2 Å². The molecule has 6 heteroatoms. The van der Waals surface area contributed by atoms with Crippen molar-refractivity contribution in [1.29, 1.82) is 0 Å². The Balaban J connectivity index is 2.23. The van der Waals surface area contributed by atoms with Crippen molar-refractivity contribution < 1.29 is 0 Å². The molecule has 4 N–H and O–H groups in total. The molecule has 0 aliphatic carbocycles. The van der Waals surface area contributed by atoms with Gasteiger partial charge in [0.05, 0.1) is 5.69 Å². The van der Waals surface area contributed by atoms with Crippen LogP contribution in [0, 0.1) is 0 Å². The van der Waals surface area contributed by atoms with Crippen LogP contribution in [0.4, 0.5) is 23.0 Å². The molecule has 0 saturated carbocycles. The van der Waals surface area contributed by atoms with Gasteiger partial charge in [0.2, 0.25) is 0 Å². The molecule has 0 fully saturated rings. The minimum absolute atomic E-state index is 0.403. The van der Waals surface area contributed by atoms with Crippen LogP contribution in [0.1, 0.15) is 6.92 Å². The lowest BCUT2D eigenvalue weighted by molar-refractivity contribution is 1.07. The smallest absolute Gasteiger partial charge is 0.178 e. The van der Waals surface area contributed by atoms with Crippen LogP contribution < -0.4 is 11.1 Å². The van der Waals surface area contributed by atoms with Crippen LogP contribution in [0.25, 0.3) is 0 Å². The van der Waals surface area contributed by atoms with Gasteiger partial charge in [0, 0.05) is 6.54 Å². The highest BCUT2D eigenvalue weighted by Crippen LogP contribution is 2.30. The standard InChI is InChI=1S/C11H14N6/c1-2-13-11-9(10(12)16-17-11)15-14-8-6-4-3-5-7-8/h3-7H,2H2,1H3,(H4,12,13,16,17). The van der Waals surface area contributed by atoms with Gasteiger partial charge in [0.1, 0.15) is 5.82 Å². The Morgan fingerprint density at radius 2 is 2.06 bits per heavy atom. The Morgan fingerprint density at radius 3 is 2.76 bits per heavy atom. The lowest BCUT2D eigenvalue weighted by Crippen LogP contribution is -1.96. The van der Waals surface area contributed by atoms with Gasteiger partial charge in [-0.3, -0.25) is 5.10 Å². The highest BCUT2D eigenvalue weighted by molar-refractivity contribution is 5.72. The van der Waals surface area contributed by atoms with Crippen LogP contribution >= 0.6 is 0 Å². The monoisotopic (exact) mass is 230 g/mol. The molecule has 0 atom stereocenters. The number of nitrogens with one attached hydrogen (secondary N) is 2. The molecule has 2 rings (SSSR count). The molecule has 88 valence electrons. The molecule has 0 saturated heterocycles. The molecular weight excluding hydrogens is 216 g/mol. The Bertz CT molecular complexity index is 502. The van der Waals surface area contributed by atoms with Crippen molar-refractivity contribution in [2.24, 2.45) is 10.2 Å². The van der Waals surface area contributed by atoms with E-state index in [0.717, 1.165) is 12.2 Å². The Labute approximate surface area is 99.0 Å². The van der Waals surface area contributed by atoms with Gasteiger partial charge in [-0.05, 0) is 19.1 Å². The molecule has 0 aliphatic rings. The van der Waals surface area contributed by atoms with Crippen molar-refractivity contribution in [3.63, 3.8) is 0 Å². The lowest BCUT2D eigenvalue weighted by Gasteiger charge is -1.98. The molecule has 1 heterocycles. The number of azo groups is 1. The summed E-state index contributed by atoms with van der Waals surface area (Å²) in [6, 6.07) is 9.46. The molecule has 0 aliphatic heterocycles. The van der Waals surface area contributed by atoms with E-state index in [4.69, 9.17) is 5.73 Å². The minimum Gasteiger partial charge on any atom is -0.382 e. The minimum atomic E-state index is 0.403. The summed E-state index contributed by atoms with van der Waals surface area (Å²) in [5, 5.41) is 17.9. The van der Waals surface area contributed by atoms with Gasteiger partial charge in [-0.15, -0.1) is 5.11 Å². The maximum Gasteiger partial charge on any atom is 0.178 e. The molecule has 6 nitrogen and oxygen atoms in total. The Morgan fingerprint density at radius 1 is 1.29 bits per heavy atom. The van der Waals surface area contributed by atoms with Crippen LogP contribution in [-0.2, 0) is 0 Å². The van der Waals surface area contributed by atoms with Gasteiger partial charge in [0.25, 0.3) is 0 Å². The second-order valence-electron chi connectivity index (χ2n) is 3.40. The van der Waals surface area contributed by atoms with Crippen LogP contribution in [0.2, 0.25) is 0 Å². The highest BCUT2D eigenvalue weighted by atomic mass is 15.3. The third kappa shape index (κ3) is 2.60. The van der Waals surface area contributed by atoms with Gasteiger partial charge in [-0.25, -0.2) is 0 Å². The summed E-state index contributed by atoms with van der Waals surface area (Å²) < 4.78 is 0. The fourth-order valence-corrected chi connectivity index (χ4v) is 1.34. The maximum absolute atomic E-state index is 5.72. The van der Waals surface area contributed by atoms with Crippen LogP contribution in [-0.4, -0.2) is 16.7 Å². The number of rotatable bonds is 4. The first-order chi connectivity index (χ1) is 8.31. The normalized spacial score (nSPS) is 10.9. The zero-order valence-electron chi connectivity index (χ0n) is 9.51. The van der Waals surface area contributed by atoms with Crippen molar-refractivity contribution in [3.05, 3.63) is 30.3 Å². The van der Waals surface area contributed by atoms with Gasteiger partial charge >= 0.3 is 0 Å². The van der Waals surface area contributed by atoms with E-state index in [1.165, 1.54) is 0 Å². The zero-order valence-corrected chi connectivity index (χ0v) is 9.51. The second-order valence-corrected chi connectivity index (χ2v) is 3.40. The van der Waals surface area contributed by atoms with Crippen molar-refractivity contribution in [1.82, 2.24) is 10.2 Å². The van der Waals surface area contributed by atoms with Crippen LogP contribution in [0.15, 0.2) is 40.6 Å². The first-order valence-corrected chi connectivity index (χ1v) is 5.35. The number of anilines is 2. The quantitative estimate of drug-likeness (QED) is 0.705. The summed E-state index contributed by atoms with van der Waals surface area (Å²) in [5.74, 6) is 1.02. The average Bonchev–Trinajstić information content (AvgIpc) is 2.70. The summed E-state index contributed by atoms with van der Waals surface area (Å²) in [4.78, 5) is 0. The summed E-state index contributed by atoms with van der Waals surface area (Å²) >= 11 is 0. The molecule has 0 spiro atoms. The largest absolute Gasteiger partial charge is 0.382 e. The van der Waals surface area contributed by atoms with Crippen molar-refractivity contribution in [2.75, 3.05) is 17.6 Å². The highest BCUT2D eigenvalue weighted by Gasteiger charge is 2.08. The van der Waals surface area contributed by atoms with Gasteiger partial charge < -0.3 is 11.1 Å². The maximum atomic E-state index is 5.72. The van der Waals surface area contributed by atoms with Crippen molar-refractivity contribution in [3.8, 4) is 0 Å². The predicted octanol–water partition coefficient (Wildman–Crippen LogP) is 2.84. The van der Waals surface area contributed by atoms with Gasteiger partial charge in [-0.2, -0.15) is 10.2 Å². The predicted molar refractivity (Wildman–Crippen MR) is 67.8 cm³/mol. The fraction of sp³-hybridized carbons (Fsp3) is 0.182. The summed E-state index contributed by atoms with van der Waals surface area (Å²) in [6.07, 6.45) is 0. The molecule has 0 amide bonds. The number of nitrogens with zero attached hydrogens (tertiary/aromatic N) is 3. The second kappa shape index (κ2) is 5.11. The number of benzene rings is 1. The first kappa shape index (κ1) is 11.1. The fourth-order valence-electron chi connectivity index (χ4n) is 1.34. The van der Waals surface area contributed by atoms with E-state index in [0.29, 0.717) is 17.3 Å². The first-order valence-electron chi connectivity index (χ1n) is 5.35. The summed E-state index contributed by atoms with van der Waals surface area (Å²) in [6.45, 7) is 2.72. The molecule has 0 bridgehead atoms. The number of aromatic nitrogens is 2. The van der Waals surface area contributed by atoms with E-state index in [-0.39, 0.29) is 0 Å². The number of aromatic amines is 1. The van der Waals surface area contributed by atoms with Gasteiger partial charge in [0.15, 0.2) is 11.5 Å².